The monoisotopic (exact) mass is 468 g/mol. The van der Waals surface area contributed by atoms with Crippen molar-refractivity contribution in [2.24, 2.45) is 0 Å². The minimum Gasteiger partial charge on any atom is -0.0763 e. The zero-order chi connectivity index (χ0) is 14.9. The molecule has 0 saturated carbocycles. The summed E-state index contributed by atoms with van der Waals surface area (Å²) in [6, 6.07) is 15.7. The van der Waals surface area contributed by atoms with Crippen LogP contribution in [0.2, 0.25) is 0 Å². The summed E-state index contributed by atoms with van der Waals surface area (Å²) in [5.74, 6) is 1.22. The van der Waals surface area contributed by atoms with Crippen molar-refractivity contribution in [1.82, 2.24) is 0 Å². The van der Waals surface area contributed by atoms with E-state index in [4.69, 9.17) is 0 Å². The molecule has 2 aliphatic rings. The molecule has 2 unspecified atom stereocenters. The molecule has 0 fully saturated rings. The molecule has 0 radical (unpaired) electrons. The van der Waals surface area contributed by atoms with Crippen molar-refractivity contribution in [3.05, 3.63) is 76.4 Å². The molecule has 0 spiro atoms. The van der Waals surface area contributed by atoms with Crippen LogP contribution in [-0.2, 0) is 38.7 Å². The van der Waals surface area contributed by atoms with Gasteiger partial charge >= 0.3 is 0 Å². The summed E-state index contributed by atoms with van der Waals surface area (Å²) in [7, 11) is 0. The van der Waals surface area contributed by atoms with Gasteiger partial charge in [0.1, 0.15) is 0 Å². The van der Waals surface area contributed by atoms with Crippen LogP contribution < -0.4 is 0 Å². The Morgan fingerprint density at radius 2 is 1.78 bits per heavy atom. The van der Waals surface area contributed by atoms with E-state index in [0.717, 1.165) is 0 Å². The van der Waals surface area contributed by atoms with Gasteiger partial charge in [0.15, 0.2) is 0 Å². The molecular formula is C22H24Hf. The van der Waals surface area contributed by atoms with Crippen molar-refractivity contribution in [3.8, 4) is 0 Å². The molecule has 0 bridgehead atoms. The quantitative estimate of drug-likeness (QED) is 0.496. The van der Waals surface area contributed by atoms with Crippen molar-refractivity contribution in [1.29, 1.82) is 0 Å². The number of fused-ring (bicyclic) bond motifs is 3. The van der Waals surface area contributed by atoms with Crippen LogP contribution in [0, 0.1) is 0 Å². The Hall–Kier alpha value is -0.950. The van der Waals surface area contributed by atoms with Gasteiger partial charge in [-0.1, -0.05) is 61.5 Å². The molecule has 0 amide bonds. The number of hydrogen-bond donors (Lipinski definition) is 0. The van der Waals surface area contributed by atoms with Crippen LogP contribution in [0.4, 0.5) is 0 Å². The Bertz CT molecular complexity index is 699. The van der Waals surface area contributed by atoms with Gasteiger partial charge in [0, 0.05) is 31.8 Å². The van der Waals surface area contributed by atoms with E-state index < -0.39 is 0 Å². The van der Waals surface area contributed by atoms with Gasteiger partial charge in [-0.3, -0.25) is 0 Å². The molecule has 2 aliphatic carbocycles. The number of allylic oxidation sites excluding steroid dienone is 1. The second kappa shape index (κ2) is 7.30. The number of aryl methyl sites for hydroxylation is 1. The summed E-state index contributed by atoms with van der Waals surface area (Å²) in [6.45, 7) is 2.37. The third kappa shape index (κ3) is 3.31. The molecular weight excluding hydrogens is 443 g/mol. The molecule has 4 rings (SSSR count). The molecule has 0 aromatic heterocycles. The molecule has 0 aliphatic heterocycles. The SMILES string of the molecule is CC(CC1C=Cc2ccc3c(c21)CCCC3)c1ccccc1.[Hf]. The fraction of sp³-hybridized carbons (Fsp3) is 0.364. The molecule has 1 heteroatoms. The maximum absolute atomic E-state index is 2.44. The van der Waals surface area contributed by atoms with E-state index in [1.165, 1.54) is 43.2 Å². The van der Waals surface area contributed by atoms with Crippen LogP contribution in [0.25, 0.3) is 6.08 Å². The average molecular weight is 467 g/mol. The van der Waals surface area contributed by atoms with Crippen molar-refractivity contribution in [2.45, 2.75) is 50.9 Å². The first kappa shape index (κ1) is 16.9. The van der Waals surface area contributed by atoms with Crippen molar-refractivity contribution in [3.63, 3.8) is 0 Å². The number of rotatable bonds is 3. The summed E-state index contributed by atoms with van der Waals surface area (Å²) in [5, 5.41) is 0. The average Bonchev–Trinajstić information content (AvgIpc) is 2.99. The zero-order valence-corrected chi connectivity index (χ0v) is 17.5. The van der Waals surface area contributed by atoms with Crippen LogP contribution in [0.5, 0.6) is 0 Å². The van der Waals surface area contributed by atoms with E-state index in [-0.39, 0.29) is 25.8 Å². The summed E-state index contributed by atoms with van der Waals surface area (Å²) in [4.78, 5) is 0. The predicted molar refractivity (Wildman–Crippen MR) is 94.3 cm³/mol. The van der Waals surface area contributed by atoms with Crippen LogP contribution in [0.3, 0.4) is 0 Å². The molecule has 23 heavy (non-hydrogen) atoms. The summed E-state index contributed by atoms with van der Waals surface area (Å²) < 4.78 is 0. The summed E-state index contributed by atoms with van der Waals surface area (Å²) in [5.41, 5.74) is 7.89. The van der Waals surface area contributed by atoms with E-state index in [1.807, 2.05) is 0 Å². The maximum atomic E-state index is 2.44. The smallest absolute Gasteiger partial charge is 0.00357 e. The van der Waals surface area contributed by atoms with Gasteiger partial charge in [0.05, 0.1) is 0 Å². The molecule has 2 atom stereocenters. The minimum atomic E-state index is 0. The van der Waals surface area contributed by atoms with E-state index in [1.54, 1.807) is 16.7 Å². The van der Waals surface area contributed by atoms with Crippen LogP contribution in [-0.4, -0.2) is 0 Å². The Balaban J connectivity index is 0.00000156. The van der Waals surface area contributed by atoms with Crippen LogP contribution in [0.15, 0.2) is 48.5 Å². The zero-order valence-electron chi connectivity index (χ0n) is 13.9. The van der Waals surface area contributed by atoms with Gasteiger partial charge in [0.2, 0.25) is 0 Å². The van der Waals surface area contributed by atoms with E-state index >= 15 is 0 Å². The Morgan fingerprint density at radius 1 is 1.00 bits per heavy atom. The maximum Gasteiger partial charge on any atom is 0.00357 e. The van der Waals surface area contributed by atoms with Crippen LogP contribution >= 0.6 is 0 Å². The summed E-state index contributed by atoms with van der Waals surface area (Å²) >= 11 is 0. The molecule has 0 saturated heterocycles. The minimum absolute atomic E-state index is 0. The third-order valence-corrected chi connectivity index (χ3v) is 5.47. The van der Waals surface area contributed by atoms with Crippen molar-refractivity contribution in [2.75, 3.05) is 0 Å². The van der Waals surface area contributed by atoms with Gasteiger partial charge in [-0.05, 0) is 65.8 Å². The van der Waals surface area contributed by atoms with E-state index in [2.05, 4.69) is 61.5 Å². The normalized spacial score (nSPS) is 19.6. The van der Waals surface area contributed by atoms with Gasteiger partial charge in [0.25, 0.3) is 0 Å². The molecule has 2 aromatic carbocycles. The molecule has 0 heterocycles. The second-order valence-corrected chi connectivity index (χ2v) is 6.93. The predicted octanol–water partition coefficient (Wildman–Crippen LogP) is 5.87. The van der Waals surface area contributed by atoms with Gasteiger partial charge in [-0.2, -0.15) is 0 Å². The molecule has 2 aromatic rings. The van der Waals surface area contributed by atoms with Gasteiger partial charge in [-0.25, -0.2) is 0 Å². The molecule has 0 nitrogen and oxygen atoms in total. The van der Waals surface area contributed by atoms with Gasteiger partial charge in [-0.15, -0.1) is 0 Å². The van der Waals surface area contributed by atoms with Crippen LogP contribution in [0.1, 0.15) is 65.8 Å². The number of benzene rings is 2. The third-order valence-electron chi connectivity index (χ3n) is 5.47. The number of hydrogen-bond acceptors (Lipinski definition) is 0. The first-order valence-electron chi connectivity index (χ1n) is 8.71. The Morgan fingerprint density at radius 3 is 2.61 bits per heavy atom. The molecule has 0 N–H and O–H groups in total. The van der Waals surface area contributed by atoms with E-state index in [9.17, 15) is 0 Å². The first-order valence-corrected chi connectivity index (χ1v) is 8.71. The van der Waals surface area contributed by atoms with Gasteiger partial charge < -0.3 is 0 Å². The molecule has 116 valence electrons. The van der Waals surface area contributed by atoms with Crippen molar-refractivity contribution < 1.29 is 25.8 Å². The topological polar surface area (TPSA) is 0 Å². The fourth-order valence-corrected chi connectivity index (χ4v) is 4.27. The largest absolute Gasteiger partial charge is 0.0763 e. The van der Waals surface area contributed by atoms with Crippen molar-refractivity contribution >= 4 is 6.08 Å². The Labute approximate surface area is 158 Å². The fourth-order valence-electron chi connectivity index (χ4n) is 4.27. The second-order valence-electron chi connectivity index (χ2n) is 6.93. The standard InChI is InChI=1S/C22H24.Hf/c1-16(17-7-3-2-4-8-17)15-20-14-13-19-12-11-18-9-5-6-10-21(18)22(19)20;/h2-4,7-8,11-14,16,20H,5-6,9-10,15H2,1H3;. The van der Waals surface area contributed by atoms with E-state index in [0.29, 0.717) is 11.8 Å². The Kier molecular flexibility index (Phi) is 5.36. The first-order chi connectivity index (χ1) is 10.8. The summed E-state index contributed by atoms with van der Waals surface area (Å²) in [6.07, 6.45) is 11.3.